The Kier molecular flexibility index (Phi) is 3.50. The van der Waals surface area contributed by atoms with Crippen molar-refractivity contribution in [2.75, 3.05) is 6.54 Å². The number of rotatable bonds is 4. The maximum Gasteiger partial charge on any atom is 0.0429 e. The van der Waals surface area contributed by atoms with Gasteiger partial charge in [-0.15, -0.1) is 0 Å². The maximum atomic E-state index is 4.42. The van der Waals surface area contributed by atoms with E-state index in [1.807, 2.05) is 12.3 Å². The van der Waals surface area contributed by atoms with Gasteiger partial charge in [-0.05, 0) is 24.0 Å². The third-order valence-corrected chi connectivity index (χ3v) is 2.43. The molecule has 1 nitrogen and oxygen atoms in total. The zero-order chi connectivity index (χ0) is 10.3. The highest BCUT2D eigenvalue weighted by molar-refractivity contribution is 5.80. The highest BCUT2D eigenvalue weighted by Gasteiger charge is 1.94. The minimum Gasteiger partial charge on any atom is -0.293 e. The first kappa shape index (κ1) is 9.91. The topological polar surface area (TPSA) is 12.4 Å². The van der Waals surface area contributed by atoms with Crippen molar-refractivity contribution in [3.63, 3.8) is 0 Å². The van der Waals surface area contributed by atoms with Gasteiger partial charge in [0, 0.05) is 12.8 Å². The first-order valence-corrected chi connectivity index (χ1v) is 5.34. The van der Waals surface area contributed by atoms with Gasteiger partial charge in [0.1, 0.15) is 0 Å². The number of allylic oxidation sites excluding steroid dienone is 4. The normalized spacial score (nSPS) is 14.8. The molecule has 76 valence electrons. The maximum absolute atomic E-state index is 4.42. The van der Waals surface area contributed by atoms with Crippen LogP contribution < -0.4 is 0 Å². The number of aliphatic imine (C=N–C) groups is 1. The molecule has 0 atom stereocenters. The Labute approximate surface area is 90.9 Å². The van der Waals surface area contributed by atoms with Gasteiger partial charge in [-0.1, -0.05) is 48.6 Å². The largest absolute Gasteiger partial charge is 0.293 e. The number of hydrogen-bond donors (Lipinski definition) is 0. The van der Waals surface area contributed by atoms with E-state index >= 15 is 0 Å². The Morgan fingerprint density at radius 1 is 1.20 bits per heavy atom. The summed E-state index contributed by atoms with van der Waals surface area (Å²) in [4.78, 5) is 4.42. The van der Waals surface area contributed by atoms with Crippen LogP contribution in [0.5, 0.6) is 0 Å². The van der Waals surface area contributed by atoms with Crippen LogP contribution in [0.2, 0.25) is 0 Å². The van der Waals surface area contributed by atoms with Crippen LogP contribution in [0.15, 0.2) is 59.1 Å². The molecule has 0 saturated heterocycles. The van der Waals surface area contributed by atoms with Crippen LogP contribution in [0.1, 0.15) is 12.0 Å². The van der Waals surface area contributed by atoms with Crippen molar-refractivity contribution in [1.82, 2.24) is 0 Å². The summed E-state index contributed by atoms with van der Waals surface area (Å²) in [5.74, 6) is 0. The van der Waals surface area contributed by atoms with Crippen molar-refractivity contribution in [3.8, 4) is 0 Å². The molecule has 2 rings (SSSR count). The second-order valence-corrected chi connectivity index (χ2v) is 3.64. The molecular formula is C14H15N. The van der Waals surface area contributed by atoms with Crippen molar-refractivity contribution in [2.24, 2.45) is 4.99 Å². The van der Waals surface area contributed by atoms with Gasteiger partial charge >= 0.3 is 0 Å². The molecule has 0 spiro atoms. The van der Waals surface area contributed by atoms with E-state index in [9.17, 15) is 0 Å². The number of benzene rings is 1. The van der Waals surface area contributed by atoms with Gasteiger partial charge in [-0.25, -0.2) is 0 Å². The lowest BCUT2D eigenvalue weighted by atomic mass is 10.1. The summed E-state index contributed by atoms with van der Waals surface area (Å²) in [6, 6.07) is 10.5. The van der Waals surface area contributed by atoms with Gasteiger partial charge in [-0.3, -0.25) is 4.99 Å². The molecule has 15 heavy (non-hydrogen) atoms. The molecule has 1 aliphatic rings. The molecule has 0 N–H and O–H groups in total. The monoisotopic (exact) mass is 197 g/mol. The molecule has 1 aliphatic carbocycles. The molecule has 1 aromatic rings. The summed E-state index contributed by atoms with van der Waals surface area (Å²) in [5.41, 5.74) is 2.66. The van der Waals surface area contributed by atoms with Gasteiger partial charge in [0.25, 0.3) is 0 Å². The minimum atomic E-state index is 0.876. The van der Waals surface area contributed by atoms with Gasteiger partial charge in [0.2, 0.25) is 0 Å². The average Bonchev–Trinajstić information content (AvgIpc) is 2.79. The highest BCUT2D eigenvalue weighted by atomic mass is 14.7. The zero-order valence-electron chi connectivity index (χ0n) is 8.76. The fourth-order valence-corrected chi connectivity index (χ4v) is 1.58. The van der Waals surface area contributed by atoms with Gasteiger partial charge in [-0.2, -0.15) is 0 Å². The lowest BCUT2D eigenvalue weighted by Gasteiger charge is -1.96. The van der Waals surface area contributed by atoms with Crippen molar-refractivity contribution in [2.45, 2.75) is 12.8 Å². The van der Waals surface area contributed by atoms with E-state index in [0.717, 1.165) is 19.4 Å². The molecule has 1 aromatic carbocycles. The summed E-state index contributed by atoms with van der Waals surface area (Å²) in [6.07, 6.45) is 10.4. The van der Waals surface area contributed by atoms with Crippen LogP contribution in [-0.4, -0.2) is 12.8 Å². The van der Waals surface area contributed by atoms with E-state index in [0.29, 0.717) is 0 Å². The van der Waals surface area contributed by atoms with Crippen LogP contribution in [0, 0.1) is 0 Å². The van der Waals surface area contributed by atoms with Crippen molar-refractivity contribution >= 4 is 6.21 Å². The summed E-state index contributed by atoms with van der Waals surface area (Å²) in [6.45, 7) is 0.876. The predicted molar refractivity (Wildman–Crippen MR) is 65.3 cm³/mol. The van der Waals surface area contributed by atoms with E-state index in [1.165, 1.54) is 11.1 Å². The van der Waals surface area contributed by atoms with Gasteiger partial charge in [0.15, 0.2) is 0 Å². The first-order valence-electron chi connectivity index (χ1n) is 5.34. The van der Waals surface area contributed by atoms with Crippen molar-refractivity contribution < 1.29 is 0 Å². The molecule has 0 aromatic heterocycles. The van der Waals surface area contributed by atoms with Crippen molar-refractivity contribution in [3.05, 3.63) is 59.7 Å². The van der Waals surface area contributed by atoms with Gasteiger partial charge in [0.05, 0.1) is 0 Å². The molecule has 0 amide bonds. The van der Waals surface area contributed by atoms with Crippen molar-refractivity contribution in [1.29, 1.82) is 0 Å². The van der Waals surface area contributed by atoms with E-state index in [1.54, 1.807) is 0 Å². The van der Waals surface area contributed by atoms with Crippen LogP contribution >= 0.6 is 0 Å². The Balaban J connectivity index is 1.75. The summed E-state index contributed by atoms with van der Waals surface area (Å²) >= 11 is 0. The predicted octanol–water partition coefficient (Wildman–Crippen LogP) is 3.19. The number of hydrogen-bond acceptors (Lipinski definition) is 1. The molecular weight excluding hydrogens is 182 g/mol. The second-order valence-electron chi connectivity index (χ2n) is 3.64. The van der Waals surface area contributed by atoms with Gasteiger partial charge < -0.3 is 0 Å². The third-order valence-electron chi connectivity index (χ3n) is 2.43. The number of nitrogens with zero attached hydrogens (tertiary/aromatic N) is 1. The van der Waals surface area contributed by atoms with E-state index in [2.05, 4.69) is 47.5 Å². The smallest absolute Gasteiger partial charge is 0.0429 e. The molecule has 0 bridgehead atoms. The first-order chi connectivity index (χ1) is 7.45. The SMILES string of the molecule is C1=CCC(C=NCCc2ccccc2)=C1. The fourth-order valence-electron chi connectivity index (χ4n) is 1.58. The Hall–Kier alpha value is -1.63. The summed E-state index contributed by atoms with van der Waals surface area (Å²) in [5, 5.41) is 0. The Morgan fingerprint density at radius 3 is 2.80 bits per heavy atom. The van der Waals surface area contributed by atoms with E-state index in [4.69, 9.17) is 0 Å². The standard InChI is InChI=1S/C14H15N/c1-2-6-13(7-3-1)10-11-15-12-14-8-4-5-9-14/h1-8,12H,9-11H2. The second kappa shape index (κ2) is 5.30. The van der Waals surface area contributed by atoms with E-state index < -0.39 is 0 Å². The molecule has 0 heterocycles. The average molecular weight is 197 g/mol. The molecule has 0 saturated carbocycles. The molecule has 1 heteroatoms. The van der Waals surface area contributed by atoms with Crippen LogP contribution in [0.25, 0.3) is 0 Å². The molecule has 0 unspecified atom stereocenters. The Bertz CT molecular complexity index is 385. The van der Waals surface area contributed by atoms with E-state index in [-0.39, 0.29) is 0 Å². The van der Waals surface area contributed by atoms with Crippen LogP contribution in [0.3, 0.4) is 0 Å². The lowest BCUT2D eigenvalue weighted by Crippen LogP contribution is -1.90. The summed E-state index contributed by atoms with van der Waals surface area (Å²) in [7, 11) is 0. The third kappa shape index (κ3) is 3.21. The zero-order valence-corrected chi connectivity index (χ0v) is 8.76. The molecule has 0 aliphatic heterocycles. The minimum absolute atomic E-state index is 0.876. The van der Waals surface area contributed by atoms with Crippen LogP contribution in [-0.2, 0) is 6.42 Å². The molecule has 0 fully saturated rings. The van der Waals surface area contributed by atoms with Crippen LogP contribution in [0.4, 0.5) is 0 Å². The highest BCUT2D eigenvalue weighted by Crippen LogP contribution is 2.07. The lowest BCUT2D eigenvalue weighted by molar-refractivity contribution is 0.972. The summed E-state index contributed by atoms with van der Waals surface area (Å²) < 4.78 is 0. The fraction of sp³-hybridized carbons (Fsp3) is 0.214. The Morgan fingerprint density at radius 2 is 2.07 bits per heavy atom. The quantitative estimate of drug-likeness (QED) is 0.657. The molecule has 0 radical (unpaired) electrons.